The van der Waals surface area contributed by atoms with Gasteiger partial charge in [0.1, 0.15) is 0 Å². The lowest BCUT2D eigenvalue weighted by Crippen LogP contribution is -1.16. The fraction of sp³-hybridized carbons (Fsp3) is 0. The molecule has 0 spiro atoms. The lowest BCUT2D eigenvalue weighted by atomic mass is 18.8. The number of hydrogen-bond acceptors (Lipinski definition) is 1. The van der Waals surface area contributed by atoms with Gasteiger partial charge in [-0.25, -0.2) is 0 Å². The molecule has 0 N–H and O–H groups in total. The highest BCUT2D eigenvalue weighted by molar-refractivity contribution is 14.2. The smallest absolute Gasteiger partial charge is 0.175 e. The Hall–Kier alpha value is 1.37. The van der Waals surface area contributed by atoms with Crippen LogP contribution in [0.2, 0.25) is 0 Å². The van der Waals surface area contributed by atoms with Crippen LogP contribution < -0.4 is 0 Å². The van der Waals surface area contributed by atoms with Crippen molar-refractivity contribution in [2.24, 2.45) is 0 Å². The Morgan fingerprint density at radius 3 is 1.80 bits per heavy atom. The van der Waals surface area contributed by atoms with Crippen molar-refractivity contribution >= 4 is 37.5 Å². The predicted octanol–water partition coefficient (Wildman–Crippen LogP) is 3.24. The van der Waals surface area contributed by atoms with Gasteiger partial charge in [-0.2, -0.15) is 8.39 Å². The van der Waals surface area contributed by atoms with E-state index in [0.717, 1.165) is 0 Å². The minimum Gasteiger partial charge on any atom is -0.175 e. The van der Waals surface area contributed by atoms with Crippen molar-refractivity contribution in [3.63, 3.8) is 0 Å². The van der Waals surface area contributed by atoms with E-state index in [0.29, 0.717) is 8.55 Å². The Morgan fingerprint density at radius 1 is 1.60 bits per heavy atom. The Balaban J connectivity index is 2.54. The molecule has 0 aromatic heterocycles. The average molecular weight is 228 g/mol. The normalized spacial score (nSPS) is 9.60. The van der Waals surface area contributed by atoms with Gasteiger partial charge in [-0.3, -0.25) is 0 Å². The van der Waals surface area contributed by atoms with E-state index >= 15 is 0 Å². The molecular weight excluding hydrogens is 228 g/mol. The molecule has 0 saturated carbocycles. The van der Waals surface area contributed by atoms with Crippen molar-refractivity contribution in [1.29, 1.82) is 0 Å². The summed E-state index contributed by atoms with van der Waals surface area (Å²) in [6.45, 7) is 0. The van der Waals surface area contributed by atoms with Gasteiger partial charge in [0.2, 0.25) is 0 Å². The first kappa shape index (κ1) is 6.37. The van der Waals surface area contributed by atoms with E-state index in [2.05, 4.69) is 0 Å². The van der Waals surface area contributed by atoms with Crippen LogP contribution in [0.1, 0.15) is 0 Å². The molecule has 0 amide bonds. The van der Waals surface area contributed by atoms with Crippen LogP contribution in [0.4, 0.5) is 8.39 Å². The highest BCUT2D eigenvalue weighted by Gasteiger charge is 1.97. The zero-order chi connectivity index (χ0) is 4.28. The van der Waals surface area contributed by atoms with E-state index in [9.17, 15) is 8.39 Å². The van der Waals surface area contributed by atoms with Gasteiger partial charge in [0.15, 0.2) is 0 Å². The second kappa shape index (κ2) is 3.56. The van der Waals surface area contributed by atoms with Gasteiger partial charge in [0.25, 0.3) is 0 Å². The molecular formula is F2IPS. The van der Waals surface area contributed by atoms with Gasteiger partial charge >= 0.3 is 7.74 Å². The lowest BCUT2D eigenvalue weighted by molar-refractivity contribution is 0.776. The van der Waals surface area contributed by atoms with E-state index < -0.39 is 7.74 Å². The molecule has 5 heteroatoms. The minimum atomic E-state index is -2.69. The molecule has 0 aliphatic carbocycles. The van der Waals surface area contributed by atoms with Crippen LogP contribution in [0.15, 0.2) is 0 Å². The SMILES string of the molecule is FP(F)SI. The van der Waals surface area contributed by atoms with Crippen molar-refractivity contribution < 1.29 is 8.39 Å². The van der Waals surface area contributed by atoms with Crippen LogP contribution in [0.5, 0.6) is 0 Å². The maximum Gasteiger partial charge on any atom is 0.337 e. The predicted molar refractivity (Wildman–Crippen MR) is 30.7 cm³/mol. The molecule has 0 radical (unpaired) electrons. The first-order chi connectivity index (χ1) is 2.27. The minimum absolute atomic E-state index is 0.581. The summed E-state index contributed by atoms with van der Waals surface area (Å²) < 4.78 is 21.6. The van der Waals surface area contributed by atoms with E-state index in [1.54, 1.807) is 21.2 Å². The van der Waals surface area contributed by atoms with Gasteiger partial charge in [-0.05, 0) is 0 Å². The molecule has 0 saturated heterocycles. The summed E-state index contributed by atoms with van der Waals surface area (Å²) in [4.78, 5) is 0. The van der Waals surface area contributed by atoms with Crippen molar-refractivity contribution in [3.05, 3.63) is 0 Å². The fourth-order valence-electron chi connectivity index (χ4n) is 0. The molecule has 0 aliphatic heterocycles. The van der Waals surface area contributed by atoms with Gasteiger partial charge in [-0.1, -0.05) is 0 Å². The molecule has 0 aromatic carbocycles. The summed E-state index contributed by atoms with van der Waals surface area (Å²) in [7, 11) is -2.11. The molecule has 0 unspecified atom stereocenters. The molecule has 5 heavy (non-hydrogen) atoms. The summed E-state index contributed by atoms with van der Waals surface area (Å²) in [5, 5.41) is 0. The van der Waals surface area contributed by atoms with E-state index in [1.165, 1.54) is 0 Å². The summed E-state index contributed by atoms with van der Waals surface area (Å²) in [6.07, 6.45) is 0. The molecule has 0 rings (SSSR count). The van der Waals surface area contributed by atoms with Gasteiger partial charge in [0, 0.05) is 29.8 Å². The Morgan fingerprint density at radius 2 is 1.80 bits per heavy atom. The summed E-state index contributed by atoms with van der Waals surface area (Å²) in [5.41, 5.74) is 0. The summed E-state index contributed by atoms with van der Waals surface area (Å²) >= 11 is 1.57. The van der Waals surface area contributed by atoms with Crippen LogP contribution in [-0.4, -0.2) is 0 Å². The van der Waals surface area contributed by atoms with Crippen molar-refractivity contribution in [3.8, 4) is 0 Å². The zero-order valence-electron chi connectivity index (χ0n) is 1.99. The largest absolute Gasteiger partial charge is 0.337 e. The third-order valence-corrected chi connectivity index (χ3v) is 3.15. The van der Waals surface area contributed by atoms with E-state index in [1.807, 2.05) is 0 Å². The lowest BCUT2D eigenvalue weighted by Gasteiger charge is -1.76. The van der Waals surface area contributed by atoms with E-state index in [-0.39, 0.29) is 0 Å². The molecule has 0 fully saturated rings. The van der Waals surface area contributed by atoms with Gasteiger partial charge < -0.3 is 0 Å². The van der Waals surface area contributed by atoms with Crippen LogP contribution in [0.3, 0.4) is 0 Å². The van der Waals surface area contributed by atoms with Gasteiger partial charge in [-0.15, -0.1) is 0 Å². The second-order valence-electron chi connectivity index (χ2n) is 0.271. The second-order valence-corrected chi connectivity index (χ2v) is 5.60. The van der Waals surface area contributed by atoms with Crippen LogP contribution in [0, 0.1) is 0 Å². The van der Waals surface area contributed by atoms with E-state index in [4.69, 9.17) is 0 Å². The summed E-state index contributed by atoms with van der Waals surface area (Å²) in [5.74, 6) is 0. The maximum atomic E-state index is 10.8. The third-order valence-electron chi connectivity index (χ3n) is 0.0522. The van der Waals surface area contributed by atoms with Crippen molar-refractivity contribution in [2.45, 2.75) is 0 Å². The number of hydrogen-bond donors (Lipinski definition) is 0. The maximum absolute atomic E-state index is 10.8. The fourth-order valence-corrected chi connectivity index (χ4v) is 0. The monoisotopic (exact) mass is 228 g/mol. The number of halogens is 3. The van der Waals surface area contributed by atoms with Gasteiger partial charge in [0.05, 0.1) is 0 Å². The number of rotatable bonds is 1. The highest BCUT2D eigenvalue weighted by atomic mass is 127. The highest BCUT2D eigenvalue weighted by Crippen LogP contribution is 2.56. The Labute approximate surface area is 46.0 Å². The molecule has 0 bridgehead atoms. The quantitative estimate of drug-likeness (QED) is 0.490. The topological polar surface area (TPSA) is 0 Å². The van der Waals surface area contributed by atoms with Crippen molar-refractivity contribution in [1.82, 2.24) is 0 Å². The first-order valence-corrected chi connectivity index (χ1v) is 5.76. The molecule has 0 nitrogen and oxygen atoms in total. The molecule has 0 atom stereocenters. The molecule has 0 aromatic rings. The molecule has 0 aliphatic rings. The molecule has 0 heterocycles. The summed E-state index contributed by atoms with van der Waals surface area (Å²) in [6, 6.07) is 0. The molecule has 32 valence electrons. The zero-order valence-corrected chi connectivity index (χ0v) is 5.86. The van der Waals surface area contributed by atoms with Crippen LogP contribution in [0.25, 0.3) is 0 Å². The average Bonchev–Trinajstić information content (AvgIpc) is 1.38. The Bertz CT molecular complexity index is 23.6. The van der Waals surface area contributed by atoms with Crippen molar-refractivity contribution in [2.75, 3.05) is 0 Å². The standard InChI is InChI=1S/F2IPS/c1-4(2)5-3. The first-order valence-electron chi connectivity index (χ1n) is 0.675. The van der Waals surface area contributed by atoms with Crippen LogP contribution in [-0.2, 0) is 0 Å². The van der Waals surface area contributed by atoms with Crippen LogP contribution >= 0.6 is 37.5 Å². The third kappa shape index (κ3) is 5.37. The Kier molecular flexibility index (Phi) is 4.53.